The van der Waals surface area contributed by atoms with Crippen LogP contribution in [0.4, 0.5) is 10.5 Å². The number of pyridine rings is 1. The topological polar surface area (TPSA) is 65.5 Å². The number of hydrogen-bond acceptors (Lipinski definition) is 3. The molecular weight excluding hydrogens is 411 g/mol. The lowest BCUT2D eigenvalue weighted by Gasteiger charge is -2.22. The van der Waals surface area contributed by atoms with Crippen molar-refractivity contribution in [3.8, 4) is 0 Å². The van der Waals surface area contributed by atoms with Crippen LogP contribution in [0.15, 0.2) is 36.4 Å². The van der Waals surface area contributed by atoms with Crippen molar-refractivity contribution < 1.29 is 9.59 Å². The van der Waals surface area contributed by atoms with Gasteiger partial charge < -0.3 is 15.1 Å². The lowest BCUT2D eigenvalue weighted by Crippen LogP contribution is -2.39. The maximum atomic E-state index is 12.7. The number of nitrogens with zero attached hydrogens (tertiary/aromatic N) is 3. The Balaban J connectivity index is 1.61. The van der Waals surface area contributed by atoms with Crippen LogP contribution in [0.25, 0.3) is 0 Å². The van der Waals surface area contributed by atoms with Gasteiger partial charge in [-0.05, 0) is 42.8 Å². The Bertz CT molecular complexity index is 825. The predicted octanol–water partition coefficient (Wildman–Crippen LogP) is 4.42. The van der Waals surface area contributed by atoms with Crippen molar-refractivity contribution in [2.75, 3.05) is 31.5 Å². The van der Waals surface area contributed by atoms with Gasteiger partial charge in [-0.1, -0.05) is 34.8 Å². The molecule has 0 atom stereocenters. The number of aromatic nitrogens is 1. The summed E-state index contributed by atoms with van der Waals surface area (Å²) in [5.74, 6) is -0.179. The third kappa shape index (κ3) is 5.25. The number of rotatable bonds is 2. The number of urea groups is 1. The second kappa shape index (κ2) is 8.78. The van der Waals surface area contributed by atoms with Crippen LogP contribution >= 0.6 is 34.8 Å². The fraction of sp³-hybridized carbons (Fsp3) is 0.278. The molecule has 6 nitrogen and oxygen atoms in total. The normalized spacial score (nSPS) is 14.6. The molecule has 0 unspecified atom stereocenters. The van der Waals surface area contributed by atoms with Crippen LogP contribution in [-0.2, 0) is 0 Å². The van der Waals surface area contributed by atoms with Gasteiger partial charge >= 0.3 is 6.03 Å². The van der Waals surface area contributed by atoms with Crippen LogP contribution in [0.2, 0.25) is 15.3 Å². The Morgan fingerprint density at radius 3 is 2.15 bits per heavy atom. The Kier molecular flexibility index (Phi) is 6.42. The van der Waals surface area contributed by atoms with Crippen LogP contribution in [0.5, 0.6) is 0 Å². The lowest BCUT2D eigenvalue weighted by molar-refractivity contribution is 0.0762. The second-order valence-corrected chi connectivity index (χ2v) is 7.28. The first kappa shape index (κ1) is 19.7. The summed E-state index contributed by atoms with van der Waals surface area (Å²) < 4.78 is 0. The minimum absolute atomic E-state index is 0.171. The minimum atomic E-state index is -0.207. The van der Waals surface area contributed by atoms with E-state index in [1.54, 1.807) is 34.1 Å². The third-order valence-electron chi connectivity index (χ3n) is 4.18. The molecule has 0 bridgehead atoms. The molecular formula is C18H17Cl3N4O2. The van der Waals surface area contributed by atoms with Gasteiger partial charge in [0.1, 0.15) is 10.3 Å². The van der Waals surface area contributed by atoms with Crippen molar-refractivity contribution in [1.82, 2.24) is 14.8 Å². The molecule has 0 radical (unpaired) electrons. The van der Waals surface area contributed by atoms with Crippen molar-refractivity contribution in [2.24, 2.45) is 0 Å². The highest BCUT2D eigenvalue weighted by Crippen LogP contribution is 2.18. The van der Waals surface area contributed by atoms with Crippen molar-refractivity contribution >= 4 is 52.4 Å². The standard InChI is InChI=1S/C18H17Cl3N4O2/c19-13-2-4-14(5-3-13)22-18(27)25-7-1-6-24(8-9-25)17(26)12-10-15(20)23-16(21)11-12/h2-5,10-11H,1,6-9H2,(H,22,27). The van der Waals surface area contributed by atoms with E-state index in [2.05, 4.69) is 10.3 Å². The van der Waals surface area contributed by atoms with Gasteiger partial charge in [-0.15, -0.1) is 0 Å². The van der Waals surface area contributed by atoms with Gasteiger partial charge in [-0.2, -0.15) is 0 Å². The van der Waals surface area contributed by atoms with E-state index in [4.69, 9.17) is 34.8 Å². The van der Waals surface area contributed by atoms with E-state index in [0.717, 1.165) is 0 Å². The molecule has 0 saturated carbocycles. The van der Waals surface area contributed by atoms with Crippen LogP contribution in [0.3, 0.4) is 0 Å². The number of nitrogens with one attached hydrogen (secondary N) is 1. The quantitative estimate of drug-likeness (QED) is 0.721. The van der Waals surface area contributed by atoms with Crippen molar-refractivity contribution in [1.29, 1.82) is 0 Å². The van der Waals surface area contributed by atoms with Crippen LogP contribution in [-0.4, -0.2) is 52.9 Å². The molecule has 9 heteroatoms. The first-order valence-electron chi connectivity index (χ1n) is 8.36. The van der Waals surface area contributed by atoms with E-state index in [1.165, 1.54) is 12.1 Å². The molecule has 1 aliphatic heterocycles. The highest BCUT2D eigenvalue weighted by Gasteiger charge is 2.23. The zero-order valence-corrected chi connectivity index (χ0v) is 16.6. The Hall–Kier alpha value is -2.02. The highest BCUT2D eigenvalue weighted by molar-refractivity contribution is 6.33. The Morgan fingerprint density at radius 2 is 1.48 bits per heavy atom. The number of halogens is 3. The molecule has 0 aliphatic carbocycles. The molecule has 1 fully saturated rings. The largest absolute Gasteiger partial charge is 0.337 e. The Labute approximate surface area is 172 Å². The molecule has 1 aromatic carbocycles. The SMILES string of the molecule is O=C(Nc1ccc(Cl)cc1)N1CCCN(C(=O)c2cc(Cl)nc(Cl)c2)CC1. The van der Waals surface area contributed by atoms with E-state index in [-0.39, 0.29) is 22.2 Å². The average molecular weight is 428 g/mol. The molecule has 1 aliphatic rings. The first-order valence-corrected chi connectivity index (χ1v) is 9.49. The van der Waals surface area contributed by atoms with E-state index in [9.17, 15) is 9.59 Å². The second-order valence-electron chi connectivity index (χ2n) is 6.07. The summed E-state index contributed by atoms with van der Waals surface area (Å²) in [6, 6.07) is 9.68. The van der Waals surface area contributed by atoms with Gasteiger partial charge in [0.05, 0.1) is 0 Å². The summed E-state index contributed by atoms with van der Waals surface area (Å²) in [4.78, 5) is 32.4. The van der Waals surface area contributed by atoms with Crippen LogP contribution in [0.1, 0.15) is 16.8 Å². The maximum absolute atomic E-state index is 12.7. The van der Waals surface area contributed by atoms with Crippen LogP contribution in [0, 0.1) is 0 Å². The van der Waals surface area contributed by atoms with Crippen molar-refractivity contribution in [3.63, 3.8) is 0 Å². The van der Waals surface area contributed by atoms with Gasteiger partial charge in [0.2, 0.25) is 0 Å². The molecule has 2 heterocycles. The molecule has 3 rings (SSSR count). The van der Waals surface area contributed by atoms with E-state index >= 15 is 0 Å². The lowest BCUT2D eigenvalue weighted by atomic mass is 10.2. The van der Waals surface area contributed by atoms with Crippen molar-refractivity contribution in [3.05, 3.63) is 57.3 Å². The summed E-state index contributed by atoms with van der Waals surface area (Å²) in [5.41, 5.74) is 1.06. The molecule has 142 valence electrons. The number of amides is 3. The van der Waals surface area contributed by atoms with Gasteiger partial charge in [0.25, 0.3) is 5.91 Å². The minimum Gasteiger partial charge on any atom is -0.337 e. The summed E-state index contributed by atoms with van der Waals surface area (Å²) in [6.45, 7) is 1.95. The third-order valence-corrected chi connectivity index (χ3v) is 4.81. The number of anilines is 1. The first-order chi connectivity index (χ1) is 12.9. The monoisotopic (exact) mass is 426 g/mol. The van der Waals surface area contributed by atoms with Gasteiger partial charge in [0, 0.05) is 42.5 Å². The Morgan fingerprint density at radius 1 is 0.889 bits per heavy atom. The molecule has 0 spiro atoms. The van der Waals surface area contributed by atoms with E-state index < -0.39 is 0 Å². The summed E-state index contributed by atoms with van der Waals surface area (Å²) >= 11 is 17.6. The van der Waals surface area contributed by atoms with Gasteiger partial charge in [0.15, 0.2) is 0 Å². The summed E-state index contributed by atoms with van der Waals surface area (Å²) in [7, 11) is 0. The maximum Gasteiger partial charge on any atom is 0.321 e. The summed E-state index contributed by atoms with van der Waals surface area (Å²) in [6.07, 6.45) is 0.673. The summed E-state index contributed by atoms with van der Waals surface area (Å²) in [5, 5.41) is 3.79. The predicted molar refractivity (Wildman–Crippen MR) is 107 cm³/mol. The highest BCUT2D eigenvalue weighted by atomic mass is 35.5. The zero-order valence-electron chi connectivity index (χ0n) is 14.3. The smallest absolute Gasteiger partial charge is 0.321 e. The molecule has 1 aromatic heterocycles. The van der Waals surface area contributed by atoms with Crippen LogP contribution < -0.4 is 5.32 Å². The number of carbonyl (C=O) groups is 2. The molecule has 1 N–H and O–H groups in total. The molecule has 3 amide bonds. The fourth-order valence-corrected chi connectivity index (χ4v) is 3.42. The van der Waals surface area contributed by atoms with Gasteiger partial charge in [-0.3, -0.25) is 4.79 Å². The van der Waals surface area contributed by atoms with Crippen molar-refractivity contribution in [2.45, 2.75) is 6.42 Å². The number of benzene rings is 1. The van der Waals surface area contributed by atoms with E-state index in [0.29, 0.717) is 48.9 Å². The van der Waals surface area contributed by atoms with E-state index in [1.807, 2.05) is 0 Å². The average Bonchev–Trinajstić information content (AvgIpc) is 2.88. The van der Waals surface area contributed by atoms with Gasteiger partial charge in [-0.25, -0.2) is 9.78 Å². The zero-order chi connectivity index (χ0) is 19.4. The molecule has 27 heavy (non-hydrogen) atoms. The molecule has 1 saturated heterocycles. The number of hydrogen-bond donors (Lipinski definition) is 1. The fourth-order valence-electron chi connectivity index (χ4n) is 2.83. The number of carbonyl (C=O) groups excluding carboxylic acids is 2. The molecule has 2 aromatic rings.